The zero-order valence-electron chi connectivity index (χ0n) is 13.6. The quantitative estimate of drug-likeness (QED) is 0.873. The maximum absolute atomic E-state index is 11.8. The second-order valence-corrected chi connectivity index (χ2v) is 5.46. The Morgan fingerprint density at radius 1 is 1.22 bits per heavy atom. The first kappa shape index (κ1) is 16.7. The number of aryl methyl sites for hydroxylation is 3. The molecule has 0 unspecified atom stereocenters. The number of rotatable bonds is 6. The van der Waals surface area contributed by atoms with E-state index in [9.17, 15) is 9.59 Å². The number of carbonyl (C=O) groups is 1. The van der Waals surface area contributed by atoms with Gasteiger partial charge in [0, 0.05) is 24.8 Å². The van der Waals surface area contributed by atoms with E-state index in [1.807, 2.05) is 32.0 Å². The van der Waals surface area contributed by atoms with Crippen molar-refractivity contribution in [3.8, 4) is 5.75 Å². The maximum atomic E-state index is 11.8. The summed E-state index contributed by atoms with van der Waals surface area (Å²) in [5, 5.41) is 2.72. The molecule has 122 valence electrons. The molecule has 23 heavy (non-hydrogen) atoms. The van der Waals surface area contributed by atoms with Crippen molar-refractivity contribution in [1.29, 1.82) is 0 Å². The van der Waals surface area contributed by atoms with Gasteiger partial charge in [-0.15, -0.1) is 0 Å². The van der Waals surface area contributed by atoms with Gasteiger partial charge >= 0.3 is 0 Å². The summed E-state index contributed by atoms with van der Waals surface area (Å²) in [6.45, 7) is 6.40. The van der Waals surface area contributed by atoms with Gasteiger partial charge in [-0.3, -0.25) is 14.2 Å². The van der Waals surface area contributed by atoms with E-state index in [-0.39, 0.29) is 18.1 Å². The Labute approximate surface area is 135 Å². The average Bonchev–Trinajstić information content (AvgIpc) is 2.52. The minimum Gasteiger partial charge on any atom is -0.484 e. The number of benzene rings is 1. The minimum atomic E-state index is -0.225. The summed E-state index contributed by atoms with van der Waals surface area (Å²) in [6, 6.07) is 5.70. The summed E-state index contributed by atoms with van der Waals surface area (Å²) < 4.78 is 6.93. The SMILES string of the molecule is Cc1ccc(OCC(=O)NCCn2cncc(C)c2=O)cc1C. The van der Waals surface area contributed by atoms with Crippen LogP contribution in [0, 0.1) is 20.8 Å². The second-order valence-electron chi connectivity index (χ2n) is 5.46. The van der Waals surface area contributed by atoms with E-state index < -0.39 is 0 Å². The lowest BCUT2D eigenvalue weighted by atomic mass is 10.1. The Hall–Kier alpha value is -2.63. The van der Waals surface area contributed by atoms with Gasteiger partial charge in [-0.1, -0.05) is 6.07 Å². The summed E-state index contributed by atoms with van der Waals surface area (Å²) in [5.41, 5.74) is 2.78. The Morgan fingerprint density at radius 2 is 2.00 bits per heavy atom. The highest BCUT2D eigenvalue weighted by Crippen LogP contribution is 2.16. The molecular formula is C17H21N3O3. The molecular weight excluding hydrogens is 294 g/mol. The molecule has 1 N–H and O–H groups in total. The molecule has 1 aromatic heterocycles. The van der Waals surface area contributed by atoms with Crippen LogP contribution in [0.3, 0.4) is 0 Å². The molecule has 0 fully saturated rings. The van der Waals surface area contributed by atoms with Gasteiger partial charge in [-0.05, 0) is 44.0 Å². The van der Waals surface area contributed by atoms with E-state index in [0.29, 0.717) is 24.4 Å². The standard InChI is InChI=1S/C17H21N3O3/c1-12-4-5-15(8-13(12)2)23-10-16(21)19-6-7-20-11-18-9-14(3)17(20)22/h4-5,8-9,11H,6-7,10H2,1-3H3,(H,19,21). The summed E-state index contributed by atoms with van der Waals surface area (Å²) in [7, 11) is 0. The third kappa shape index (κ3) is 4.67. The van der Waals surface area contributed by atoms with E-state index in [1.54, 1.807) is 6.92 Å². The maximum Gasteiger partial charge on any atom is 0.258 e. The number of amides is 1. The lowest BCUT2D eigenvalue weighted by Crippen LogP contribution is -2.34. The van der Waals surface area contributed by atoms with Gasteiger partial charge in [-0.25, -0.2) is 4.98 Å². The van der Waals surface area contributed by atoms with E-state index in [0.717, 1.165) is 5.56 Å². The van der Waals surface area contributed by atoms with Crippen LogP contribution in [-0.2, 0) is 11.3 Å². The molecule has 0 aliphatic heterocycles. The van der Waals surface area contributed by atoms with Crippen molar-refractivity contribution in [2.75, 3.05) is 13.2 Å². The van der Waals surface area contributed by atoms with Crippen molar-refractivity contribution >= 4 is 5.91 Å². The smallest absolute Gasteiger partial charge is 0.258 e. The minimum absolute atomic E-state index is 0.0521. The van der Waals surface area contributed by atoms with Crippen LogP contribution < -0.4 is 15.6 Å². The molecule has 0 radical (unpaired) electrons. The van der Waals surface area contributed by atoms with Crippen molar-refractivity contribution in [2.24, 2.45) is 0 Å². The first-order valence-electron chi connectivity index (χ1n) is 7.45. The van der Waals surface area contributed by atoms with Crippen LogP contribution in [0.1, 0.15) is 16.7 Å². The molecule has 0 aliphatic carbocycles. The van der Waals surface area contributed by atoms with E-state index >= 15 is 0 Å². The number of aromatic nitrogens is 2. The normalized spacial score (nSPS) is 10.4. The third-order valence-electron chi connectivity index (χ3n) is 3.60. The van der Waals surface area contributed by atoms with Crippen LogP contribution in [0.5, 0.6) is 5.75 Å². The molecule has 6 nitrogen and oxygen atoms in total. The van der Waals surface area contributed by atoms with Crippen molar-refractivity contribution < 1.29 is 9.53 Å². The predicted molar refractivity (Wildman–Crippen MR) is 87.7 cm³/mol. The molecule has 0 spiro atoms. The summed E-state index contributed by atoms with van der Waals surface area (Å²) in [4.78, 5) is 27.5. The highest BCUT2D eigenvalue weighted by molar-refractivity contribution is 5.77. The highest BCUT2D eigenvalue weighted by Gasteiger charge is 2.04. The third-order valence-corrected chi connectivity index (χ3v) is 3.60. The Kier molecular flexibility index (Phi) is 5.51. The number of nitrogens with one attached hydrogen (secondary N) is 1. The van der Waals surface area contributed by atoms with E-state index in [1.165, 1.54) is 22.7 Å². The second kappa shape index (κ2) is 7.58. The Balaban J connectivity index is 1.78. The largest absolute Gasteiger partial charge is 0.484 e. The topological polar surface area (TPSA) is 73.2 Å². The Bertz CT molecular complexity index is 753. The number of ether oxygens (including phenoxy) is 1. The van der Waals surface area contributed by atoms with Gasteiger partial charge in [0.2, 0.25) is 0 Å². The zero-order valence-corrected chi connectivity index (χ0v) is 13.6. The molecule has 1 heterocycles. The summed E-state index contributed by atoms with van der Waals surface area (Å²) in [6.07, 6.45) is 2.99. The first-order chi connectivity index (χ1) is 11.0. The van der Waals surface area contributed by atoms with Gasteiger partial charge in [0.15, 0.2) is 6.61 Å². The molecule has 0 saturated heterocycles. The Morgan fingerprint density at radius 3 is 2.74 bits per heavy atom. The molecule has 0 atom stereocenters. The molecule has 2 rings (SSSR count). The van der Waals surface area contributed by atoms with Crippen LogP contribution in [0.4, 0.5) is 0 Å². The number of carbonyl (C=O) groups excluding carboxylic acids is 1. The van der Waals surface area contributed by atoms with Crippen LogP contribution in [0.15, 0.2) is 35.5 Å². The van der Waals surface area contributed by atoms with Gasteiger partial charge in [0.05, 0.1) is 6.33 Å². The molecule has 6 heteroatoms. The lowest BCUT2D eigenvalue weighted by Gasteiger charge is -2.10. The fraction of sp³-hybridized carbons (Fsp3) is 0.353. The van der Waals surface area contributed by atoms with Crippen molar-refractivity contribution in [2.45, 2.75) is 27.3 Å². The van der Waals surface area contributed by atoms with Crippen LogP contribution in [0.25, 0.3) is 0 Å². The zero-order chi connectivity index (χ0) is 16.8. The lowest BCUT2D eigenvalue weighted by molar-refractivity contribution is -0.123. The van der Waals surface area contributed by atoms with Crippen molar-refractivity contribution in [3.05, 3.63) is 57.8 Å². The van der Waals surface area contributed by atoms with Crippen molar-refractivity contribution in [3.63, 3.8) is 0 Å². The number of nitrogens with zero attached hydrogens (tertiary/aromatic N) is 2. The number of hydrogen-bond donors (Lipinski definition) is 1. The van der Waals surface area contributed by atoms with E-state index in [2.05, 4.69) is 10.3 Å². The predicted octanol–water partition coefficient (Wildman–Crippen LogP) is 1.36. The monoisotopic (exact) mass is 315 g/mol. The van der Waals surface area contributed by atoms with Crippen molar-refractivity contribution in [1.82, 2.24) is 14.9 Å². The summed E-state index contributed by atoms with van der Waals surface area (Å²) in [5.74, 6) is 0.444. The van der Waals surface area contributed by atoms with Crippen LogP contribution in [-0.4, -0.2) is 28.6 Å². The molecule has 2 aromatic rings. The van der Waals surface area contributed by atoms with E-state index in [4.69, 9.17) is 4.74 Å². The van der Waals surface area contributed by atoms with Gasteiger partial charge in [-0.2, -0.15) is 0 Å². The van der Waals surface area contributed by atoms with Gasteiger partial charge in [0.25, 0.3) is 11.5 Å². The molecule has 0 aliphatic rings. The van der Waals surface area contributed by atoms with Crippen LogP contribution >= 0.6 is 0 Å². The van der Waals surface area contributed by atoms with Gasteiger partial charge in [0.1, 0.15) is 5.75 Å². The average molecular weight is 315 g/mol. The fourth-order valence-electron chi connectivity index (χ4n) is 2.04. The molecule has 1 amide bonds. The molecule has 1 aromatic carbocycles. The van der Waals surface area contributed by atoms with Gasteiger partial charge < -0.3 is 10.1 Å². The molecule has 0 bridgehead atoms. The highest BCUT2D eigenvalue weighted by atomic mass is 16.5. The number of hydrogen-bond acceptors (Lipinski definition) is 4. The van der Waals surface area contributed by atoms with Crippen LogP contribution in [0.2, 0.25) is 0 Å². The first-order valence-corrected chi connectivity index (χ1v) is 7.45. The molecule has 0 saturated carbocycles. The fourth-order valence-corrected chi connectivity index (χ4v) is 2.04. The summed E-state index contributed by atoms with van der Waals surface area (Å²) >= 11 is 0.